The first-order valence-corrected chi connectivity index (χ1v) is 10.8. The van der Waals surface area contributed by atoms with Crippen LogP contribution in [0, 0.1) is 13.8 Å². The predicted octanol–water partition coefficient (Wildman–Crippen LogP) is 5.25. The van der Waals surface area contributed by atoms with Gasteiger partial charge in [0.25, 0.3) is 0 Å². The van der Waals surface area contributed by atoms with Gasteiger partial charge in [-0.1, -0.05) is 55.5 Å². The summed E-state index contributed by atoms with van der Waals surface area (Å²) in [6, 6.07) is 14.2. The van der Waals surface area contributed by atoms with Crippen molar-refractivity contribution in [2.24, 2.45) is 0 Å². The lowest BCUT2D eigenvalue weighted by Gasteiger charge is -2.24. The smallest absolute Gasteiger partial charge is 0.233 e. The number of hydrogen-bond donors (Lipinski definition) is 0. The lowest BCUT2D eigenvalue weighted by Crippen LogP contribution is -2.39. The Kier molecular flexibility index (Phi) is 8.62. The van der Waals surface area contributed by atoms with Gasteiger partial charge in [0, 0.05) is 13.1 Å². The molecule has 0 aliphatic heterocycles. The lowest BCUT2D eigenvalue weighted by molar-refractivity contribution is -0.118. The van der Waals surface area contributed by atoms with Crippen LogP contribution in [-0.4, -0.2) is 42.0 Å². The molecule has 3 aromatic rings. The predicted molar refractivity (Wildman–Crippen MR) is 127 cm³/mol. The summed E-state index contributed by atoms with van der Waals surface area (Å²) in [5.41, 5.74) is 4.50. The topological polar surface area (TPSA) is 36.4 Å². The standard InChI is InChI=1S/C23H29N3OS.ClH/c1-5-25(6-2)12-13-26(22(27)16-19-10-8-7-9-11-19)23-24-20-14-17(3)18(4)15-21(20)28-23;/h7-11,14-15H,5-6,12-13,16H2,1-4H3;1H. The van der Waals surface area contributed by atoms with Gasteiger partial charge in [-0.05, 0) is 55.8 Å². The molecule has 0 radical (unpaired) electrons. The number of anilines is 1. The molecule has 1 heterocycles. The van der Waals surface area contributed by atoms with Crippen molar-refractivity contribution >= 4 is 45.0 Å². The summed E-state index contributed by atoms with van der Waals surface area (Å²) >= 11 is 1.61. The molecule has 0 unspecified atom stereocenters. The van der Waals surface area contributed by atoms with Crippen LogP contribution >= 0.6 is 23.7 Å². The molecular weight excluding hydrogens is 402 g/mol. The molecule has 6 heteroatoms. The number of fused-ring (bicyclic) bond motifs is 1. The Hall–Kier alpha value is -1.95. The molecule has 1 amide bonds. The zero-order valence-electron chi connectivity index (χ0n) is 17.6. The number of benzene rings is 2. The van der Waals surface area contributed by atoms with Gasteiger partial charge in [-0.3, -0.25) is 9.69 Å². The highest BCUT2D eigenvalue weighted by atomic mass is 35.5. The van der Waals surface area contributed by atoms with Crippen molar-refractivity contribution in [3.05, 3.63) is 59.2 Å². The van der Waals surface area contributed by atoms with Crippen LogP contribution < -0.4 is 4.90 Å². The third-order valence-corrected chi connectivity index (χ3v) is 6.30. The molecule has 4 nitrogen and oxygen atoms in total. The summed E-state index contributed by atoms with van der Waals surface area (Å²) in [6.45, 7) is 12.0. The summed E-state index contributed by atoms with van der Waals surface area (Å²) in [5, 5.41) is 0.799. The number of amides is 1. The second-order valence-electron chi connectivity index (χ2n) is 7.14. The molecule has 29 heavy (non-hydrogen) atoms. The number of aromatic nitrogens is 1. The molecule has 1 aromatic heterocycles. The minimum Gasteiger partial charge on any atom is -0.302 e. The number of thiazole rings is 1. The van der Waals surface area contributed by atoms with Gasteiger partial charge in [0.15, 0.2) is 5.13 Å². The molecule has 3 rings (SSSR count). The van der Waals surface area contributed by atoms with E-state index in [-0.39, 0.29) is 18.3 Å². The van der Waals surface area contributed by atoms with Gasteiger partial charge in [-0.2, -0.15) is 0 Å². The number of nitrogens with zero attached hydrogens (tertiary/aromatic N) is 3. The molecule has 0 N–H and O–H groups in total. The minimum absolute atomic E-state index is 0. The zero-order valence-corrected chi connectivity index (χ0v) is 19.3. The van der Waals surface area contributed by atoms with Crippen molar-refractivity contribution < 1.29 is 4.79 Å². The van der Waals surface area contributed by atoms with E-state index in [4.69, 9.17) is 4.98 Å². The number of hydrogen-bond acceptors (Lipinski definition) is 4. The first-order chi connectivity index (χ1) is 13.5. The largest absolute Gasteiger partial charge is 0.302 e. The summed E-state index contributed by atoms with van der Waals surface area (Å²) < 4.78 is 1.14. The number of carbonyl (C=O) groups is 1. The van der Waals surface area contributed by atoms with Crippen molar-refractivity contribution in [1.29, 1.82) is 0 Å². The Balaban J connectivity index is 0.00000300. The van der Waals surface area contributed by atoms with Gasteiger partial charge in [0.2, 0.25) is 5.91 Å². The molecule has 0 spiro atoms. The normalized spacial score (nSPS) is 10.9. The van der Waals surface area contributed by atoms with Crippen LogP contribution in [0.4, 0.5) is 5.13 Å². The van der Waals surface area contributed by atoms with E-state index in [2.05, 4.69) is 44.7 Å². The molecular formula is C23H30ClN3OS. The van der Waals surface area contributed by atoms with Gasteiger partial charge in [-0.15, -0.1) is 12.4 Å². The highest BCUT2D eigenvalue weighted by molar-refractivity contribution is 7.22. The number of likely N-dealkylation sites (N-methyl/N-ethyl adjacent to an activating group) is 1. The molecule has 0 fully saturated rings. The van der Waals surface area contributed by atoms with Crippen LogP contribution in [0.2, 0.25) is 0 Å². The van der Waals surface area contributed by atoms with E-state index in [1.807, 2.05) is 35.2 Å². The molecule has 2 aromatic carbocycles. The zero-order chi connectivity index (χ0) is 20.1. The fourth-order valence-electron chi connectivity index (χ4n) is 3.26. The van der Waals surface area contributed by atoms with E-state index in [0.29, 0.717) is 13.0 Å². The monoisotopic (exact) mass is 431 g/mol. The van der Waals surface area contributed by atoms with Gasteiger partial charge in [0.1, 0.15) is 0 Å². The van der Waals surface area contributed by atoms with E-state index in [0.717, 1.165) is 40.5 Å². The van der Waals surface area contributed by atoms with Gasteiger partial charge in [-0.25, -0.2) is 4.98 Å². The maximum absolute atomic E-state index is 13.2. The van der Waals surface area contributed by atoms with Crippen molar-refractivity contribution in [2.45, 2.75) is 34.1 Å². The molecule has 0 aliphatic rings. The van der Waals surface area contributed by atoms with E-state index in [9.17, 15) is 4.79 Å². The van der Waals surface area contributed by atoms with E-state index >= 15 is 0 Å². The highest BCUT2D eigenvalue weighted by Crippen LogP contribution is 2.31. The Bertz CT molecular complexity index is 899. The van der Waals surface area contributed by atoms with E-state index in [1.165, 1.54) is 11.1 Å². The van der Waals surface area contributed by atoms with Crippen LogP contribution in [0.25, 0.3) is 10.2 Å². The maximum atomic E-state index is 13.2. The average Bonchev–Trinajstić information content (AvgIpc) is 3.08. The van der Waals surface area contributed by atoms with Crippen LogP contribution in [0.5, 0.6) is 0 Å². The minimum atomic E-state index is 0. The molecule has 0 atom stereocenters. The van der Waals surface area contributed by atoms with E-state index in [1.54, 1.807) is 11.3 Å². The van der Waals surface area contributed by atoms with Crippen LogP contribution in [0.15, 0.2) is 42.5 Å². The van der Waals surface area contributed by atoms with Gasteiger partial charge >= 0.3 is 0 Å². The fraction of sp³-hybridized carbons (Fsp3) is 0.391. The van der Waals surface area contributed by atoms with Gasteiger partial charge in [0.05, 0.1) is 16.6 Å². The number of halogens is 1. The quantitative estimate of drug-likeness (QED) is 0.488. The Morgan fingerprint density at radius 2 is 1.66 bits per heavy atom. The van der Waals surface area contributed by atoms with Crippen molar-refractivity contribution in [1.82, 2.24) is 9.88 Å². The molecule has 0 saturated heterocycles. The molecule has 0 saturated carbocycles. The molecule has 0 bridgehead atoms. The second kappa shape index (κ2) is 10.7. The molecule has 156 valence electrons. The lowest BCUT2D eigenvalue weighted by atomic mass is 10.1. The SMILES string of the molecule is CCN(CC)CCN(C(=O)Cc1ccccc1)c1nc2cc(C)c(C)cc2s1.Cl. The average molecular weight is 432 g/mol. The summed E-state index contributed by atoms with van der Waals surface area (Å²) in [4.78, 5) is 22.2. The Morgan fingerprint density at radius 1 is 1.00 bits per heavy atom. The number of rotatable bonds is 8. The third-order valence-electron chi connectivity index (χ3n) is 5.26. The Labute approximate surface area is 184 Å². The van der Waals surface area contributed by atoms with Gasteiger partial charge < -0.3 is 4.90 Å². The first kappa shape index (κ1) is 23.3. The number of aryl methyl sites for hydroxylation is 2. The summed E-state index contributed by atoms with van der Waals surface area (Å²) in [5.74, 6) is 0.103. The van der Waals surface area contributed by atoms with E-state index < -0.39 is 0 Å². The highest BCUT2D eigenvalue weighted by Gasteiger charge is 2.21. The van der Waals surface area contributed by atoms with Crippen LogP contribution in [-0.2, 0) is 11.2 Å². The Morgan fingerprint density at radius 3 is 2.31 bits per heavy atom. The third kappa shape index (κ3) is 5.78. The molecule has 0 aliphatic carbocycles. The first-order valence-electron chi connectivity index (χ1n) is 9.96. The summed E-state index contributed by atoms with van der Waals surface area (Å²) in [6.07, 6.45) is 0.396. The number of carbonyl (C=O) groups excluding carboxylic acids is 1. The maximum Gasteiger partial charge on any atom is 0.233 e. The van der Waals surface area contributed by atoms with Crippen molar-refractivity contribution in [3.63, 3.8) is 0 Å². The van der Waals surface area contributed by atoms with Crippen LogP contribution in [0.1, 0.15) is 30.5 Å². The van der Waals surface area contributed by atoms with Crippen molar-refractivity contribution in [3.8, 4) is 0 Å². The second-order valence-corrected chi connectivity index (χ2v) is 8.14. The summed E-state index contributed by atoms with van der Waals surface area (Å²) in [7, 11) is 0. The van der Waals surface area contributed by atoms with Crippen molar-refractivity contribution in [2.75, 3.05) is 31.1 Å². The fourth-order valence-corrected chi connectivity index (χ4v) is 4.35. The van der Waals surface area contributed by atoms with Crippen LogP contribution in [0.3, 0.4) is 0 Å².